The summed E-state index contributed by atoms with van der Waals surface area (Å²) in [7, 11) is -1.88. The Balaban J connectivity index is 3.08. The summed E-state index contributed by atoms with van der Waals surface area (Å²) in [5.41, 5.74) is 0.630. The van der Waals surface area contributed by atoms with Crippen LogP contribution in [-0.2, 0) is 16.6 Å². The Morgan fingerprint density at radius 1 is 1.57 bits per heavy atom. The van der Waals surface area contributed by atoms with E-state index in [1.807, 2.05) is 0 Å². The third-order valence-corrected chi connectivity index (χ3v) is 2.99. The second kappa shape index (κ2) is 3.93. The van der Waals surface area contributed by atoms with E-state index in [4.69, 9.17) is 5.11 Å². The zero-order valence-electron chi connectivity index (χ0n) is 8.01. The molecule has 0 atom stereocenters. The average molecular weight is 216 g/mol. The number of sulfonamides is 1. The molecule has 5 nitrogen and oxygen atoms in total. The van der Waals surface area contributed by atoms with Crippen molar-refractivity contribution in [3.63, 3.8) is 0 Å². The zero-order valence-corrected chi connectivity index (χ0v) is 8.82. The highest BCUT2D eigenvalue weighted by Crippen LogP contribution is 2.13. The first-order chi connectivity index (χ1) is 6.45. The van der Waals surface area contributed by atoms with Gasteiger partial charge in [0.15, 0.2) is 0 Å². The lowest BCUT2D eigenvalue weighted by molar-refractivity contribution is 0.282. The minimum atomic E-state index is -3.29. The van der Waals surface area contributed by atoms with Gasteiger partial charge in [-0.1, -0.05) is 0 Å². The molecule has 0 aliphatic rings. The van der Waals surface area contributed by atoms with E-state index in [0.717, 1.165) is 10.6 Å². The van der Waals surface area contributed by atoms with Crippen molar-refractivity contribution in [2.24, 2.45) is 0 Å². The van der Waals surface area contributed by atoms with Crippen molar-refractivity contribution < 1.29 is 13.5 Å². The van der Waals surface area contributed by atoms with E-state index in [9.17, 15) is 8.42 Å². The molecule has 1 rings (SSSR count). The molecular weight excluding hydrogens is 204 g/mol. The van der Waals surface area contributed by atoms with Gasteiger partial charge in [0, 0.05) is 13.2 Å². The number of nitrogens with zero attached hydrogens (tertiary/aromatic N) is 2. The van der Waals surface area contributed by atoms with Gasteiger partial charge in [0.05, 0.1) is 12.9 Å². The summed E-state index contributed by atoms with van der Waals surface area (Å²) in [5, 5.41) is 8.85. The van der Waals surface area contributed by atoms with Crippen LogP contribution in [0.1, 0.15) is 5.56 Å². The third kappa shape index (κ3) is 2.43. The molecule has 0 saturated carbocycles. The predicted molar refractivity (Wildman–Crippen MR) is 53.4 cm³/mol. The molecule has 0 unspecified atom stereocenters. The first kappa shape index (κ1) is 10.9. The van der Waals surface area contributed by atoms with Gasteiger partial charge < -0.3 is 5.11 Å². The third-order valence-electron chi connectivity index (χ3n) is 1.81. The van der Waals surface area contributed by atoms with Crippen molar-refractivity contribution in [2.45, 2.75) is 6.61 Å². The van der Waals surface area contributed by atoms with Crippen LogP contribution >= 0.6 is 0 Å². The summed E-state index contributed by atoms with van der Waals surface area (Å²) in [6.07, 6.45) is 2.56. The van der Waals surface area contributed by atoms with Gasteiger partial charge in [0.2, 0.25) is 10.0 Å². The summed E-state index contributed by atoms with van der Waals surface area (Å²) in [6, 6.07) is 3.15. The van der Waals surface area contributed by atoms with Crippen LogP contribution in [0.4, 0.5) is 5.82 Å². The summed E-state index contributed by atoms with van der Waals surface area (Å²) in [4.78, 5) is 3.89. The normalized spacial score (nSPS) is 11.4. The smallest absolute Gasteiger partial charge is 0.233 e. The molecule has 6 heteroatoms. The quantitative estimate of drug-likeness (QED) is 0.770. The molecule has 0 spiro atoms. The maximum absolute atomic E-state index is 11.2. The van der Waals surface area contributed by atoms with Gasteiger partial charge in [-0.05, 0) is 17.7 Å². The minimum absolute atomic E-state index is 0.132. The number of pyridine rings is 1. The molecule has 1 heterocycles. The van der Waals surface area contributed by atoms with Crippen LogP contribution in [-0.4, -0.2) is 31.8 Å². The highest BCUT2D eigenvalue weighted by atomic mass is 32.2. The van der Waals surface area contributed by atoms with E-state index in [-0.39, 0.29) is 6.61 Å². The molecule has 0 aromatic carbocycles. The second-order valence-electron chi connectivity index (χ2n) is 2.91. The number of aromatic nitrogens is 1. The van der Waals surface area contributed by atoms with Crippen LogP contribution in [0.2, 0.25) is 0 Å². The van der Waals surface area contributed by atoms with Crippen LogP contribution in [0.25, 0.3) is 0 Å². The fourth-order valence-electron chi connectivity index (χ4n) is 0.901. The lowest BCUT2D eigenvalue weighted by Crippen LogP contribution is -2.25. The molecule has 0 bridgehead atoms. The predicted octanol–water partition coefficient (Wildman–Crippen LogP) is -0.0303. The number of aliphatic hydroxyl groups is 1. The van der Waals surface area contributed by atoms with Crippen molar-refractivity contribution in [1.82, 2.24) is 4.98 Å². The first-order valence-corrected chi connectivity index (χ1v) is 5.79. The van der Waals surface area contributed by atoms with Gasteiger partial charge >= 0.3 is 0 Å². The molecule has 0 aliphatic heterocycles. The summed E-state index contributed by atoms with van der Waals surface area (Å²) >= 11 is 0. The van der Waals surface area contributed by atoms with E-state index in [1.54, 1.807) is 6.07 Å². The van der Waals surface area contributed by atoms with Gasteiger partial charge in [0.1, 0.15) is 5.82 Å². The summed E-state index contributed by atoms with van der Waals surface area (Å²) in [5.74, 6) is 0.305. The number of anilines is 1. The zero-order chi connectivity index (χ0) is 10.8. The molecule has 0 fully saturated rings. The van der Waals surface area contributed by atoms with Gasteiger partial charge in [-0.25, -0.2) is 13.4 Å². The highest BCUT2D eigenvalue weighted by Gasteiger charge is 2.12. The Morgan fingerprint density at radius 3 is 2.71 bits per heavy atom. The SMILES string of the molecule is CN(c1cc(CO)ccn1)S(C)(=O)=O. The molecule has 1 aromatic heterocycles. The molecule has 0 saturated heterocycles. The fourth-order valence-corrected chi connectivity index (χ4v) is 1.34. The topological polar surface area (TPSA) is 70.5 Å². The van der Waals surface area contributed by atoms with E-state index in [1.165, 1.54) is 19.3 Å². The summed E-state index contributed by atoms with van der Waals surface area (Å²) in [6.45, 7) is -0.132. The Kier molecular flexibility index (Phi) is 3.07. The number of hydrogen-bond donors (Lipinski definition) is 1. The highest BCUT2D eigenvalue weighted by molar-refractivity contribution is 7.92. The maximum atomic E-state index is 11.2. The summed E-state index contributed by atoms with van der Waals surface area (Å²) < 4.78 is 23.4. The number of hydrogen-bond acceptors (Lipinski definition) is 4. The second-order valence-corrected chi connectivity index (χ2v) is 4.92. The van der Waals surface area contributed by atoms with Crippen LogP contribution < -0.4 is 4.31 Å². The van der Waals surface area contributed by atoms with Crippen LogP contribution in [0.5, 0.6) is 0 Å². The largest absolute Gasteiger partial charge is 0.392 e. The maximum Gasteiger partial charge on any atom is 0.233 e. The van der Waals surface area contributed by atoms with E-state index in [0.29, 0.717) is 11.4 Å². The van der Waals surface area contributed by atoms with Crippen molar-refractivity contribution in [2.75, 3.05) is 17.6 Å². The van der Waals surface area contributed by atoms with E-state index in [2.05, 4.69) is 4.98 Å². The van der Waals surface area contributed by atoms with Crippen LogP contribution in [0.3, 0.4) is 0 Å². The number of rotatable bonds is 3. The van der Waals surface area contributed by atoms with Crippen molar-refractivity contribution in [3.8, 4) is 0 Å². The van der Waals surface area contributed by atoms with Gasteiger partial charge in [0.25, 0.3) is 0 Å². The Morgan fingerprint density at radius 2 is 2.21 bits per heavy atom. The Labute approximate surface area is 83.1 Å². The minimum Gasteiger partial charge on any atom is -0.392 e. The lowest BCUT2D eigenvalue weighted by atomic mass is 10.3. The van der Waals surface area contributed by atoms with Crippen LogP contribution in [0, 0.1) is 0 Å². The van der Waals surface area contributed by atoms with Gasteiger partial charge in [-0.3, -0.25) is 4.31 Å². The molecule has 0 aliphatic carbocycles. The van der Waals surface area contributed by atoms with Crippen molar-refractivity contribution in [3.05, 3.63) is 23.9 Å². The van der Waals surface area contributed by atoms with Crippen molar-refractivity contribution >= 4 is 15.8 Å². The molecule has 78 valence electrons. The molecule has 1 aromatic rings. The molecule has 1 N–H and O–H groups in total. The van der Waals surface area contributed by atoms with E-state index < -0.39 is 10.0 Å². The molecule has 14 heavy (non-hydrogen) atoms. The number of aliphatic hydroxyl groups excluding tert-OH is 1. The molecule has 0 amide bonds. The van der Waals surface area contributed by atoms with Gasteiger partial charge in [-0.2, -0.15) is 0 Å². The standard InChI is InChI=1S/C8H12N2O3S/c1-10(14(2,12)13)8-5-7(6-11)3-4-9-8/h3-5,11H,6H2,1-2H3. The molecular formula is C8H12N2O3S. The van der Waals surface area contributed by atoms with Crippen molar-refractivity contribution in [1.29, 1.82) is 0 Å². The Bertz CT molecular complexity index is 416. The van der Waals surface area contributed by atoms with E-state index >= 15 is 0 Å². The fraction of sp³-hybridized carbons (Fsp3) is 0.375. The average Bonchev–Trinajstić information content (AvgIpc) is 2.15. The monoisotopic (exact) mass is 216 g/mol. The Hall–Kier alpha value is -1.14. The lowest BCUT2D eigenvalue weighted by Gasteiger charge is -2.15. The van der Waals surface area contributed by atoms with Crippen LogP contribution in [0.15, 0.2) is 18.3 Å². The molecule has 0 radical (unpaired) electrons. The first-order valence-electron chi connectivity index (χ1n) is 3.95. The van der Waals surface area contributed by atoms with Gasteiger partial charge in [-0.15, -0.1) is 0 Å².